The number of hydrogen-bond donors (Lipinski definition) is 2. The predicted molar refractivity (Wildman–Crippen MR) is 77.7 cm³/mol. The summed E-state index contributed by atoms with van der Waals surface area (Å²) in [6, 6.07) is 0.609. The van der Waals surface area contributed by atoms with Crippen LogP contribution in [0.25, 0.3) is 0 Å². The van der Waals surface area contributed by atoms with E-state index in [9.17, 15) is 8.42 Å². The molecule has 0 bridgehead atoms. The van der Waals surface area contributed by atoms with Crippen LogP contribution in [0.1, 0.15) is 39.0 Å². The van der Waals surface area contributed by atoms with Crippen LogP contribution in [-0.2, 0) is 10.0 Å². The van der Waals surface area contributed by atoms with Crippen molar-refractivity contribution in [3.05, 3.63) is 0 Å². The molecule has 0 aromatic heterocycles. The number of hydrogen-bond acceptors (Lipinski definition) is 4. The molecule has 5 nitrogen and oxygen atoms in total. The van der Waals surface area contributed by atoms with Crippen LogP contribution in [-0.4, -0.2) is 57.3 Å². The van der Waals surface area contributed by atoms with Crippen LogP contribution in [0.2, 0.25) is 0 Å². The molecule has 6 heteroatoms. The fraction of sp³-hybridized carbons (Fsp3) is 1.00. The molecule has 19 heavy (non-hydrogen) atoms. The Morgan fingerprint density at radius 1 is 1.21 bits per heavy atom. The highest BCUT2D eigenvalue weighted by Crippen LogP contribution is 2.28. The van der Waals surface area contributed by atoms with Crippen molar-refractivity contribution in [1.82, 2.24) is 14.9 Å². The SMILES string of the molecule is CCNCCCCS(=O)(=O)NC1CCN2CCCC12. The highest BCUT2D eigenvalue weighted by Gasteiger charge is 2.38. The zero-order valence-corrected chi connectivity index (χ0v) is 12.7. The summed E-state index contributed by atoms with van der Waals surface area (Å²) in [7, 11) is -3.10. The summed E-state index contributed by atoms with van der Waals surface area (Å²) in [4.78, 5) is 2.43. The Labute approximate surface area is 117 Å². The van der Waals surface area contributed by atoms with Crippen molar-refractivity contribution in [2.24, 2.45) is 0 Å². The zero-order valence-electron chi connectivity index (χ0n) is 11.9. The van der Waals surface area contributed by atoms with E-state index in [1.165, 1.54) is 6.42 Å². The molecule has 2 aliphatic rings. The molecule has 2 rings (SSSR count). The highest BCUT2D eigenvalue weighted by atomic mass is 32.2. The minimum atomic E-state index is -3.10. The third kappa shape index (κ3) is 4.41. The summed E-state index contributed by atoms with van der Waals surface area (Å²) in [6.07, 6.45) is 5.00. The molecular formula is C13H27N3O2S. The van der Waals surface area contributed by atoms with E-state index in [1.807, 2.05) is 0 Å². The van der Waals surface area contributed by atoms with Gasteiger partial charge in [0.1, 0.15) is 0 Å². The van der Waals surface area contributed by atoms with Crippen LogP contribution >= 0.6 is 0 Å². The first-order chi connectivity index (χ1) is 9.12. The monoisotopic (exact) mass is 289 g/mol. The minimum absolute atomic E-state index is 0.154. The summed E-state index contributed by atoms with van der Waals surface area (Å²) in [6.45, 7) is 6.12. The molecule has 2 fully saturated rings. The Morgan fingerprint density at radius 3 is 2.84 bits per heavy atom. The molecule has 0 aromatic rings. The van der Waals surface area contributed by atoms with Gasteiger partial charge in [0, 0.05) is 18.6 Å². The lowest BCUT2D eigenvalue weighted by molar-refractivity contribution is 0.309. The van der Waals surface area contributed by atoms with Crippen LogP contribution < -0.4 is 10.0 Å². The Bertz CT molecular complexity index is 372. The maximum atomic E-state index is 12.1. The van der Waals surface area contributed by atoms with Crippen LogP contribution in [0.5, 0.6) is 0 Å². The van der Waals surface area contributed by atoms with Gasteiger partial charge in [0.15, 0.2) is 0 Å². The number of nitrogens with one attached hydrogen (secondary N) is 2. The number of rotatable bonds is 8. The largest absolute Gasteiger partial charge is 0.317 e. The average Bonchev–Trinajstić information content (AvgIpc) is 2.94. The summed E-state index contributed by atoms with van der Waals surface area (Å²) < 4.78 is 27.0. The number of fused-ring (bicyclic) bond motifs is 1. The van der Waals surface area contributed by atoms with Gasteiger partial charge in [-0.15, -0.1) is 0 Å². The van der Waals surface area contributed by atoms with E-state index in [-0.39, 0.29) is 11.8 Å². The van der Waals surface area contributed by atoms with Gasteiger partial charge in [0.05, 0.1) is 5.75 Å². The van der Waals surface area contributed by atoms with Crippen LogP contribution in [0.15, 0.2) is 0 Å². The molecule has 2 aliphatic heterocycles. The minimum Gasteiger partial charge on any atom is -0.317 e. The Hall–Kier alpha value is -0.170. The molecule has 0 aromatic carbocycles. The lowest BCUT2D eigenvalue weighted by Crippen LogP contribution is -2.43. The van der Waals surface area contributed by atoms with Gasteiger partial charge in [-0.25, -0.2) is 13.1 Å². The van der Waals surface area contributed by atoms with Gasteiger partial charge >= 0.3 is 0 Å². The van der Waals surface area contributed by atoms with Crippen molar-refractivity contribution < 1.29 is 8.42 Å². The van der Waals surface area contributed by atoms with Crippen molar-refractivity contribution in [3.8, 4) is 0 Å². The van der Waals surface area contributed by atoms with Crippen LogP contribution in [0.4, 0.5) is 0 Å². The quantitative estimate of drug-likeness (QED) is 0.640. The molecule has 0 amide bonds. The van der Waals surface area contributed by atoms with Crippen molar-refractivity contribution in [2.75, 3.05) is 31.9 Å². The van der Waals surface area contributed by atoms with Crippen LogP contribution in [0.3, 0.4) is 0 Å². The van der Waals surface area contributed by atoms with Gasteiger partial charge in [-0.2, -0.15) is 0 Å². The predicted octanol–water partition coefficient (Wildman–Crippen LogP) is 0.532. The number of unbranched alkanes of at least 4 members (excludes halogenated alkanes) is 1. The second-order valence-corrected chi connectivity index (χ2v) is 7.51. The molecule has 0 aliphatic carbocycles. The summed E-state index contributed by atoms with van der Waals surface area (Å²) >= 11 is 0. The second-order valence-electron chi connectivity index (χ2n) is 5.64. The van der Waals surface area contributed by atoms with Crippen molar-refractivity contribution in [2.45, 2.75) is 51.1 Å². The van der Waals surface area contributed by atoms with Crippen molar-refractivity contribution >= 4 is 10.0 Å². The van der Waals surface area contributed by atoms with Gasteiger partial charge in [0.25, 0.3) is 0 Å². The summed E-state index contributed by atoms with van der Waals surface area (Å²) in [5, 5.41) is 3.22. The average molecular weight is 289 g/mol. The topological polar surface area (TPSA) is 61.4 Å². The van der Waals surface area contributed by atoms with Gasteiger partial charge < -0.3 is 5.32 Å². The summed E-state index contributed by atoms with van der Waals surface area (Å²) in [5.41, 5.74) is 0. The number of sulfonamides is 1. The maximum Gasteiger partial charge on any atom is 0.211 e. The normalized spacial score (nSPS) is 27.8. The van der Waals surface area contributed by atoms with Crippen molar-refractivity contribution in [3.63, 3.8) is 0 Å². The molecule has 2 saturated heterocycles. The molecule has 2 heterocycles. The lowest BCUT2D eigenvalue weighted by atomic mass is 10.1. The van der Waals surface area contributed by atoms with E-state index in [1.54, 1.807) is 0 Å². The first kappa shape index (κ1) is 15.2. The Balaban J connectivity index is 1.71. The highest BCUT2D eigenvalue weighted by molar-refractivity contribution is 7.89. The summed E-state index contributed by atoms with van der Waals surface area (Å²) in [5.74, 6) is 0.265. The van der Waals surface area contributed by atoms with Gasteiger partial charge in [0.2, 0.25) is 10.0 Å². The molecular weight excluding hydrogens is 262 g/mol. The maximum absolute atomic E-state index is 12.1. The van der Waals surface area contributed by atoms with Crippen LogP contribution in [0, 0.1) is 0 Å². The van der Waals surface area contributed by atoms with Gasteiger partial charge in [-0.3, -0.25) is 4.90 Å². The molecule has 0 spiro atoms. The van der Waals surface area contributed by atoms with Crippen molar-refractivity contribution in [1.29, 1.82) is 0 Å². The molecule has 2 atom stereocenters. The van der Waals surface area contributed by atoms with E-state index in [2.05, 4.69) is 21.9 Å². The van der Waals surface area contributed by atoms with E-state index in [0.29, 0.717) is 6.04 Å². The lowest BCUT2D eigenvalue weighted by Gasteiger charge is -2.21. The standard InChI is InChI=1S/C13H27N3O2S/c1-2-14-8-3-4-11-19(17,18)15-12-7-10-16-9-5-6-13(12)16/h12-15H,2-11H2,1H3. The fourth-order valence-corrected chi connectivity index (χ4v) is 4.67. The van der Waals surface area contributed by atoms with E-state index < -0.39 is 10.0 Å². The smallest absolute Gasteiger partial charge is 0.211 e. The van der Waals surface area contributed by atoms with E-state index >= 15 is 0 Å². The molecule has 0 radical (unpaired) electrons. The van der Waals surface area contributed by atoms with Gasteiger partial charge in [-0.05, 0) is 51.7 Å². The molecule has 0 saturated carbocycles. The first-order valence-corrected chi connectivity index (χ1v) is 9.22. The number of nitrogens with zero attached hydrogens (tertiary/aromatic N) is 1. The van der Waals surface area contributed by atoms with E-state index in [4.69, 9.17) is 0 Å². The molecule has 2 N–H and O–H groups in total. The third-order valence-corrected chi connectivity index (χ3v) is 5.69. The zero-order chi connectivity index (χ0) is 13.7. The molecule has 2 unspecified atom stereocenters. The van der Waals surface area contributed by atoms with Gasteiger partial charge in [-0.1, -0.05) is 6.92 Å². The Morgan fingerprint density at radius 2 is 2.05 bits per heavy atom. The third-order valence-electron chi connectivity index (χ3n) is 4.20. The second kappa shape index (κ2) is 7.02. The first-order valence-electron chi connectivity index (χ1n) is 7.57. The Kier molecular flexibility index (Phi) is 5.62. The fourth-order valence-electron chi connectivity index (χ4n) is 3.23. The van der Waals surface area contributed by atoms with E-state index in [0.717, 1.165) is 51.9 Å². The molecule has 112 valence electrons.